The first-order valence-corrected chi connectivity index (χ1v) is 8.28. The van der Waals surface area contributed by atoms with E-state index in [0.29, 0.717) is 22.1 Å². The van der Waals surface area contributed by atoms with Crippen LogP contribution in [0, 0.1) is 0 Å². The van der Waals surface area contributed by atoms with E-state index in [1.165, 1.54) is 0 Å². The van der Waals surface area contributed by atoms with Crippen molar-refractivity contribution in [2.45, 2.75) is 52.6 Å². The Balaban J connectivity index is 3.49. The first kappa shape index (κ1) is 19.7. The molecule has 0 aliphatic rings. The highest BCUT2D eigenvalue weighted by Gasteiger charge is 2.03. The van der Waals surface area contributed by atoms with E-state index < -0.39 is 0 Å². The Hall–Kier alpha value is -0.300. The van der Waals surface area contributed by atoms with Crippen LogP contribution in [0.5, 0.6) is 0 Å². The first-order chi connectivity index (χ1) is 9.43. The molecule has 0 radical (unpaired) electrons. The van der Waals surface area contributed by atoms with Gasteiger partial charge in [-0.05, 0) is 25.9 Å². The lowest BCUT2D eigenvalue weighted by molar-refractivity contribution is 0.566. The van der Waals surface area contributed by atoms with Gasteiger partial charge in [-0.25, -0.2) is 0 Å². The maximum absolute atomic E-state index is 5.25. The third-order valence-corrected chi connectivity index (χ3v) is 3.42. The zero-order valence-corrected chi connectivity index (χ0v) is 14.8. The third-order valence-electron chi connectivity index (χ3n) is 2.59. The van der Waals surface area contributed by atoms with Crippen molar-refractivity contribution >= 4 is 34.4 Å². The second-order valence-corrected chi connectivity index (χ2v) is 6.25. The second-order valence-electron chi connectivity index (χ2n) is 5.44. The largest absolute Gasteiger partial charge is 0.374 e. The fourth-order valence-electron chi connectivity index (χ4n) is 1.52. The Bertz CT molecular complexity index is 252. The van der Waals surface area contributed by atoms with Crippen LogP contribution in [0.15, 0.2) is 0 Å². The summed E-state index contributed by atoms with van der Waals surface area (Å²) < 4.78 is 0. The molecule has 118 valence electrons. The molecular formula is C14H30N4S2. The standard InChI is InChI=1S/C14H30N4S2/c1-11(2)15-7-5-9-17-13(19)14(20)18-10-6-8-16-12(3)4/h11-12,15-16H,5-10H2,1-4H3,(H,17,19)(H,18,20). The van der Waals surface area contributed by atoms with Gasteiger partial charge in [0.15, 0.2) is 0 Å². The summed E-state index contributed by atoms with van der Waals surface area (Å²) in [4.78, 5) is 1.31. The minimum atomic E-state index is 0.532. The van der Waals surface area contributed by atoms with E-state index in [1.807, 2.05) is 0 Å². The van der Waals surface area contributed by atoms with Gasteiger partial charge in [0.1, 0.15) is 9.98 Å². The molecule has 6 heteroatoms. The van der Waals surface area contributed by atoms with Crippen molar-refractivity contribution in [1.29, 1.82) is 0 Å². The van der Waals surface area contributed by atoms with Crippen LogP contribution < -0.4 is 21.3 Å². The van der Waals surface area contributed by atoms with E-state index in [1.54, 1.807) is 0 Å². The molecule has 0 saturated heterocycles. The Morgan fingerprint density at radius 3 is 1.35 bits per heavy atom. The summed E-state index contributed by atoms with van der Waals surface area (Å²) in [6.07, 6.45) is 2.08. The molecule has 0 aromatic carbocycles. The van der Waals surface area contributed by atoms with E-state index in [2.05, 4.69) is 49.0 Å². The van der Waals surface area contributed by atoms with Gasteiger partial charge in [-0.2, -0.15) is 0 Å². The molecule has 0 aromatic rings. The SMILES string of the molecule is CC(C)NCCCNC(=S)C(=S)NCCCNC(C)C. The maximum atomic E-state index is 5.25. The van der Waals surface area contributed by atoms with Crippen LogP contribution >= 0.6 is 24.4 Å². The van der Waals surface area contributed by atoms with Gasteiger partial charge in [0, 0.05) is 25.2 Å². The van der Waals surface area contributed by atoms with Gasteiger partial charge < -0.3 is 21.3 Å². The number of hydrogen-bond donors (Lipinski definition) is 4. The Morgan fingerprint density at radius 1 is 0.700 bits per heavy atom. The molecule has 20 heavy (non-hydrogen) atoms. The fraction of sp³-hybridized carbons (Fsp3) is 0.857. The number of rotatable bonds is 10. The highest BCUT2D eigenvalue weighted by atomic mass is 32.1. The molecule has 0 rings (SSSR count). The molecule has 0 aromatic heterocycles. The van der Waals surface area contributed by atoms with Crippen molar-refractivity contribution in [3.05, 3.63) is 0 Å². The molecule has 0 saturated carbocycles. The topological polar surface area (TPSA) is 48.1 Å². The third kappa shape index (κ3) is 12.7. The van der Waals surface area contributed by atoms with Crippen LogP contribution in [0.4, 0.5) is 0 Å². The number of hydrogen-bond acceptors (Lipinski definition) is 4. The molecule has 0 heterocycles. The summed E-state index contributed by atoms with van der Waals surface area (Å²) in [7, 11) is 0. The quantitative estimate of drug-likeness (QED) is 0.363. The molecule has 0 bridgehead atoms. The summed E-state index contributed by atoms with van der Waals surface area (Å²) in [6, 6.07) is 1.06. The molecule has 4 N–H and O–H groups in total. The molecule has 0 fully saturated rings. The van der Waals surface area contributed by atoms with Gasteiger partial charge in [0.05, 0.1) is 0 Å². The average Bonchev–Trinajstić information content (AvgIpc) is 2.36. The normalized spacial score (nSPS) is 10.9. The summed E-state index contributed by atoms with van der Waals surface area (Å²) >= 11 is 10.5. The smallest absolute Gasteiger partial charge is 0.134 e. The Morgan fingerprint density at radius 2 is 1.05 bits per heavy atom. The molecule has 4 nitrogen and oxygen atoms in total. The van der Waals surface area contributed by atoms with Crippen molar-refractivity contribution in [2.24, 2.45) is 0 Å². The van der Waals surface area contributed by atoms with Gasteiger partial charge >= 0.3 is 0 Å². The number of thiocarbonyl (C=S) groups is 2. The lowest BCUT2D eigenvalue weighted by atomic mass is 10.3. The monoisotopic (exact) mass is 318 g/mol. The van der Waals surface area contributed by atoms with E-state index >= 15 is 0 Å². The summed E-state index contributed by atoms with van der Waals surface area (Å²) in [6.45, 7) is 12.3. The number of nitrogens with one attached hydrogen (secondary N) is 4. The fourth-order valence-corrected chi connectivity index (χ4v) is 1.87. The lowest BCUT2D eigenvalue weighted by Crippen LogP contribution is -2.39. The summed E-state index contributed by atoms with van der Waals surface area (Å²) in [5.74, 6) is 0. The van der Waals surface area contributed by atoms with Crippen molar-refractivity contribution in [2.75, 3.05) is 26.2 Å². The van der Waals surface area contributed by atoms with Crippen molar-refractivity contribution in [3.8, 4) is 0 Å². The zero-order valence-electron chi connectivity index (χ0n) is 13.2. The predicted octanol–water partition coefficient (Wildman–Crippen LogP) is 1.60. The van der Waals surface area contributed by atoms with Gasteiger partial charge in [0.25, 0.3) is 0 Å². The summed E-state index contributed by atoms with van der Waals surface area (Å²) in [5.41, 5.74) is 0. The predicted molar refractivity (Wildman–Crippen MR) is 96.7 cm³/mol. The first-order valence-electron chi connectivity index (χ1n) is 7.46. The molecule has 0 atom stereocenters. The minimum absolute atomic E-state index is 0.532. The van der Waals surface area contributed by atoms with Crippen LogP contribution in [0.2, 0.25) is 0 Å². The lowest BCUT2D eigenvalue weighted by Gasteiger charge is -2.13. The summed E-state index contributed by atoms with van der Waals surface area (Å²) in [5, 5.41) is 13.1. The van der Waals surface area contributed by atoms with Crippen molar-refractivity contribution in [1.82, 2.24) is 21.3 Å². The molecule has 0 unspecified atom stereocenters. The maximum Gasteiger partial charge on any atom is 0.134 e. The molecule has 0 amide bonds. The van der Waals surface area contributed by atoms with Crippen LogP contribution in [-0.4, -0.2) is 48.2 Å². The second kappa shape index (κ2) is 12.4. The van der Waals surface area contributed by atoms with Crippen LogP contribution in [-0.2, 0) is 0 Å². The van der Waals surface area contributed by atoms with Crippen molar-refractivity contribution in [3.63, 3.8) is 0 Å². The molecule has 0 aliphatic carbocycles. The van der Waals surface area contributed by atoms with Gasteiger partial charge in [-0.3, -0.25) is 0 Å². The van der Waals surface area contributed by atoms with Crippen LogP contribution in [0.3, 0.4) is 0 Å². The van der Waals surface area contributed by atoms with E-state index in [9.17, 15) is 0 Å². The molecular weight excluding hydrogens is 288 g/mol. The van der Waals surface area contributed by atoms with Crippen LogP contribution in [0.25, 0.3) is 0 Å². The van der Waals surface area contributed by atoms with Gasteiger partial charge in [-0.15, -0.1) is 0 Å². The van der Waals surface area contributed by atoms with E-state index in [-0.39, 0.29) is 0 Å². The highest BCUT2D eigenvalue weighted by molar-refractivity contribution is 7.89. The minimum Gasteiger partial charge on any atom is -0.374 e. The van der Waals surface area contributed by atoms with E-state index in [0.717, 1.165) is 39.0 Å². The Kier molecular flexibility index (Phi) is 12.3. The Labute approximate surface area is 134 Å². The highest BCUT2D eigenvalue weighted by Crippen LogP contribution is 1.84. The molecule has 0 aliphatic heterocycles. The van der Waals surface area contributed by atoms with Gasteiger partial charge in [-0.1, -0.05) is 52.1 Å². The van der Waals surface area contributed by atoms with Gasteiger partial charge in [0.2, 0.25) is 0 Å². The molecule has 0 spiro atoms. The zero-order chi connectivity index (χ0) is 15.4. The van der Waals surface area contributed by atoms with E-state index in [4.69, 9.17) is 24.4 Å². The average molecular weight is 319 g/mol. The van der Waals surface area contributed by atoms with Crippen LogP contribution in [0.1, 0.15) is 40.5 Å². The van der Waals surface area contributed by atoms with Crippen molar-refractivity contribution < 1.29 is 0 Å².